The SMILES string of the molecule is C[C@@H](O)CCCn1cc(C(=O)c2ccc(O)cc2)c2ccccc21. The van der Waals surface area contributed by atoms with Crippen LogP contribution in [0, 0.1) is 0 Å². The molecule has 1 aromatic heterocycles. The van der Waals surface area contributed by atoms with Gasteiger partial charge in [-0.05, 0) is 50.1 Å². The van der Waals surface area contributed by atoms with Gasteiger partial charge in [-0.3, -0.25) is 4.79 Å². The minimum Gasteiger partial charge on any atom is -0.508 e. The number of hydrogen-bond donors (Lipinski definition) is 2. The van der Waals surface area contributed by atoms with E-state index in [0.29, 0.717) is 11.1 Å². The zero-order chi connectivity index (χ0) is 17.1. The molecular formula is C20H21NO3. The van der Waals surface area contributed by atoms with E-state index in [-0.39, 0.29) is 17.6 Å². The smallest absolute Gasteiger partial charge is 0.195 e. The number of ketones is 1. The fraction of sp³-hybridized carbons (Fsp3) is 0.250. The number of phenolic OH excluding ortho intramolecular Hbond substituents is 1. The summed E-state index contributed by atoms with van der Waals surface area (Å²) >= 11 is 0. The van der Waals surface area contributed by atoms with E-state index in [0.717, 1.165) is 30.3 Å². The summed E-state index contributed by atoms with van der Waals surface area (Å²) in [5.74, 6) is 0.0903. The number of fused-ring (bicyclic) bond motifs is 1. The molecule has 0 aliphatic rings. The summed E-state index contributed by atoms with van der Waals surface area (Å²) in [6.07, 6.45) is 3.16. The van der Waals surface area contributed by atoms with Gasteiger partial charge < -0.3 is 14.8 Å². The van der Waals surface area contributed by atoms with Crippen molar-refractivity contribution in [2.24, 2.45) is 0 Å². The molecule has 3 rings (SSSR count). The molecule has 3 aromatic rings. The monoisotopic (exact) mass is 323 g/mol. The Balaban J connectivity index is 1.95. The minimum absolute atomic E-state index is 0.0551. The lowest BCUT2D eigenvalue weighted by Gasteiger charge is -2.06. The van der Waals surface area contributed by atoms with Gasteiger partial charge in [0.1, 0.15) is 5.75 Å². The van der Waals surface area contributed by atoms with E-state index < -0.39 is 0 Å². The number of benzene rings is 2. The Labute approximate surface area is 141 Å². The number of aromatic nitrogens is 1. The molecule has 1 heterocycles. The van der Waals surface area contributed by atoms with Crippen molar-refractivity contribution in [2.45, 2.75) is 32.4 Å². The second kappa shape index (κ2) is 6.89. The molecule has 0 saturated carbocycles. The maximum absolute atomic E-state index is 12.8. The maximum atomic E-state index is 12.8. The van der Waals surface area contributed by atoms with Crippen LogP contribution in [0.15, 0.2) is 54.7 Å². The van der Waals surface area contributed by atoms with Gasteiger partial charge in [0.25, 0.3) is 0 Å². The van der Waals surface area contributed by atoms with Crippen molar-refractivity contribution in [2.75, 3.05) is 0 Å². The molecule has 0 aliphatic carbocycles. The molecule has 0 saturated heterocycles. The highest BCUT2D eigenvalue weighted by molar-refractivity contribution is 6.16. The Morgan fingerprint density at radius 3 is 2.54 bits per heavy atom. The molecule has 24 heavy (non-hydrogen) atoms. The number of phenols is 1. The Hall–Kier alpha value is -2.59. The minimum atomic E-state index is -0.315. The summed E-state index contributed by atoms with van der Waals surface area (Å²) in [6, 6.07) is 14.2. The van der Waals surface area contributed by atoms with Gasteiger partial charge in [-0.25, -0.2) is 0 Å². The van der Waals surface area contributed by atoms with Crippen molar-refractivity contribution in [1.82, 2.24) is 4.57 Å². The number of aryl methyl sites for hydroxylation is 1. The third kappa shape index (κ3) is 3.34. The summed E-state index contributed by atoms with van der Waals surface area (Å²) in [5.41, 5.74) is 2.23. The predicted octanol–water partition coefficient (Wildman–Crippen LogP) is 3.74. The van der Waals surface area contributed by atoms with Gasteiger partial charge >= 0.3 is 0 Å². The predicted molar refractivity (Wildman–Crippen MR) is 94.4 cm³/mol. The van der Waals surface area contributed by atoms with Crippen molar-refractivity contribution < 1.29 is 15.0 Å². The molecule has 0 spiro atoms. The molecule has 124 valence electrons. The molecule has 2 aromatic carbocycles. The van der Waals surface area contributed by atoms with Crippen LogP contribution in [-0.2, 0) is 6.54 Å². The van der Waals surface area contributed by atoms with Crippen LogP contribution in [0.25, 0.3) is 10.9 Å². The number of aliphatic hydroxyl groups is 1. The summed E-state index contributed by atoms with van der Waals surface area (Å²) in [7, 11) is 0. The zero-order valence-corrected chi connectivity index (χ0v) is 13.6. The maximum Gasteiger partial charge on any atom is 0.195 e. The second-order valence-corrected chi connectivity index (χ2v) is 6.12. The number of nitrogens with zero attached hydrogens (tertiary/aromatic N) is 1. The Morgan fingerprint density at radius 2 is 1.83 bits per heavy atom. The molecular weight excluding hydrogens is 302 g/mol. The number of hydrogen-bond acceptors (Lipinski definition) is 3. The molecule has 0 amide bonds. The lowest BCUT2D eigenvalue weighted by atomic mass is 10.0. The second-order valence-electron chi connectivity index (χ2n) is 6.12. The Morgan fingerprint density at radius 1 is 1.12 bits per heavy atom. The lowest BCUT2D eigenvalue weighted by Crippen LogP contribution is -2.04. The number of carbonyl (C=O) groups is 1. The zero-order valence-electron chi connectivity index (χ0n) is 13.6. The van der Waals surface area contributed by atoms with Crippen LogP contribution in [0.5, 0.6) is 5.75 Å². The number of carbonyl (C=O) groups excluding carboxylic acids is 1. The number of para-hydroxylation sites is 1. The van der Waals surface area contributed by atoms with Gasteiger partial charge in [0.2, 0.25) is 0 Å². The topological polar surface area (TPSA) is 62.5 Å². The molecule has 0 radical (unpaired) electrons. The van der Waals surface area contributed by atoms with E-state index in [1.54, 1.807) is 19.1 Å². The Kier molecular flexibility index (Phi) is 4.67. The number of aliphatic hydroxyl groups excluding tert-OH is 1. The largest absolute Gasteiger partial charge is 0.508 e. The summed E-state index contributed by atoms with van der Waals surface area (Å²) < 4.78 is 2.07. The van der Waals surface area contributed by atoms with Crippen LogP contribution in [0.1, 0.15) is 35.7 Å². The van der Waals surface area contributed by atoms with Crippen molar-refractivity contribution in [3.63, 3.8) is 0 Å². The number of aromatic hydroxyl groups is 1. The van der Waals surface area contributed by atoms with Gasteiger partial charge in [0.15, 0.2) is 5.78 Å². The fourth-order valence-corrected chi connectivity index (χ4v) is 2.94. The molecule has 1 atom stereocenters. The van der Waals surface area contributed by atoms with E-state index in [9.17, 15) is 15.0 Å². The highest BCUT2D eigenvalue weighted by Gasteiger charge is 2.16. The average Bonchev–Trinajstić information content (AvgIpc) is 2.94. The third-order valence-electron chi connectivity index (χ3n) is 4.18. The van der Waals surface area contributed by atoms with Crippen LogP contribution in [-0.4, -0.2) is 26.7 Å². The Bertz CT molecular complexity index is 847. The molecule has 4 nitrogen and oxygen atoms in total. The van der Waals surface area contributed by atoms with Crippen LogP contribution in [0.3, 0.4) is 0 Å². The highest BCUT2D eigenvalue weighted by atomic mass is 16.3. The fourth-order valence-electron chi connectivity index (χ4n) is 2.94. The van der Waals surface area contributed by atoms with E-state index in [2.05, 4.69) is 4.57 Å². The van der Waals surface area contributed by atoms with E-state index in [1.807, 2.05) is 30.5 Å². The molecule has 2 N–H and O–H groups in total. The van der Waals surface area contributed by atoms with Crippen LogP contribution >= 0.6 is 0 Å². The first kappa shape index (κ1) is 16.3. The summed E-state index contributed by atoms with van der Waals surface area (Å²) in [4.78, 5) is 12.8. The molecule has 0 fully saturated rings. The van der Waals surface area contributed by atoms with Crippen molar-refractivity contribution in [1.29, 1.82) is 0 Å². The van der Waals surface area contributed by atoms with Crippen LogP contribution in [0.2, 0.25) is 0 Å². The summed E-state index contributed by atoms with van der Waals surface area (Å²) in [5, 5.41) is 19.7. The van der Waals surface area contributed by atoms with Crippen molar-refractivity contribution in [3.05, 3.63) is 65.9 Å². The van der Waals surface area contributed by atoms with Crippen LogP contribution < -0.4 is 0 Å². The summed E-state index contributed by atoms with van der Waals surface area (Å²) in [6.45, 7) is 2.54. The van der Waals surface area contributed by atoms with Gasteiger partial charge in [0, 0.05) is 34.8 Å². The normalized spacial score (nSPS) is 12.4. The van der Waals surface area contributed by atoms with Crippen molar-refractivity contribution >= 4 is 16.7 Å². The van der Waals surface area contributed by atoms with E-state index in [4.69, 9.17) is 0 Å². The van der Waals surface area contributed by atoms with E-state index in [1.165, 1.54) is 12.1 Å². The molecule has 0 unspecified atom stereocenters. The first-order valence-corrected chi connectivity index (χ1v) is 8.16. The van der Waals surface area contributed by atoms with Gasteiger partial charge in [-0.15, -0.1) is 0 Å². The highest BCUT2D eigenvalue weighted by Crippen LogP contribution is 2.25. The number of rotatable bonds is 6. The van der Waals surface area contributed by atoms with Gasteiger partial charge in [-0.2, -0.15) is 0 Å². The average molecular weight is 323 g/mol. The van der Waals surface area contributed by atoms with E-state index >= 15 is 0 Å². The van der Waals surface area contributed by atoms with Crippen molar-refractivity contribution in [3.8, 4) is 5.75 Å². The lowest BCUT2D eigenvalue weighted by molar-refractivity contribution is 0.104. The molecule has 4 heteroatoms. The van der Waals surface area contributed by atoms with Gasteiger partial charge in [-0.1, -0.05) is 18.2 Å². The van der Waals surface area contributed by atoms with Crippen LogP contribution in [0.4, 0.5) is 0 Å². The first-order chi connectivity index (χ1) is 11.6. The first-order valence-electron chi connectivity index (χ1n) is 8.16. The molecule has 0 bridgehead atoms. The molecule has 0 aliphatic heterocycles. The quantitative estimate of drug-likeness (QED) is 0.679. The third-order valence-corrected chi connectivity index (χ3v) is 4.18. The van der Waals surface area contributed by atoms with Gasteiger partial charge in [0.05, 0.1) is 6.10 Å². The standard InChI is InChI=1S/C20H21NO3/c1-14(22)5-4-12-21-13-18(17-6-2-3-7-19(17)21)20(24)15-8-10-16(23)11-9-15/h2-3,6-11,13-14,22-23H,4-5,12H2,1H3/t14-/m1/s1.